The van der Waals surface area contributed by atoms with Gasteiger partial charge in [-0.05, 0) is 26.3 Å². The molecule has 14 heavy (non-hydrogen) atoms. The molecular weight excluding hydrogens is 194 g/mol. The van der Waals surface area contributed by atoms with Gasteiger partial charge in [-0.3, -0.25) is 0 Å². The zero-order valence-electron chi connectivity index (χ0n) is 8.73. The van der Waals surface area contributed by atoms with Gasteiger partial charge in [-0.2, -0.15) is 0 Å². The highest BCUT2D eigenvalue weighted by Gasteiger charge is 2.24. The first kappa shape index (κ1) is 10.1. The highest BCUT2D eigenvalue weighted by atomic mass is 32.2. The Bertz CT molecular complexity index is 297. The van der Waals surface area contributed by atoms with E-state index in [1.165, 1.54) is 19.3 Å². The van der Waals surface area contributed by atoms with Crippen LogP contribution in [0.1, 0.15) is 19.3 Å². The molecule has 2 rings (SSSR count). The lowest BCUT2D eigenvalue weighted by molar-refractivity contribution is 0.583. The van der Waals surface area contributed by atoms with Gasteiger partial charge >= 0.3 is 0 Å². The van der Waals surface area contributed by atoms with Crippen molar-refractivity contribution in [2.75, 3.05) is 7.05 Å². The first-order valence-corrected chi connectivity index (χ1v) is 5.99. The molecule has 2 atom stereocenters. The molecule has 1 aliphatic rings. The van der Waals surface area contributed by atoms with E-state index >= 15 is 0 Å². The van der Waals surface area contributed by atoms with Gasteiger partial charge in [0.25, 0.3) is 0 Å². The van der Waals surface area contributed by atoms with Gasteiger partial charge in [0.2, 0.25) is 0 Å². The Balaban J connectivity index is 1.90. The van der Waals surface area contributed by atoms with E-state index in [4.69, 9.17) is 0 Å². The molecule has 78 valence electrons. The molecule has 1 N–H and O–H groups in total. The monoisotopic (exact) mass is 211 g/mol. The van der Waals surface area contributed by atoms with Crippen molar-refractivity contribution in [3.8, 4) is 0 Å². The van der Waals surface area contributed by atoms with Crippen LogP contribution in [-0.2, 0) is 7.05 Å². The largest absolute Gasteiger partial charge is 0.329 e. The van der Waals surface area contributed by atoms with Crippen LogP contribution < -0.4 is 5.32 Å². The molecule has 1 heterocycles. The van der Waals surface area contributed by atoms with Crippen LogP contribution in [0.25, 0.3) is 0 Å². The molecule has 0 spiro atoms. The van der Waals surface area contributed by atoms with E-state index in [0.29, 0.717) is 6.04 Å². The van der Waals surface area contributed by atoms with E-state index in [1.54, 1.807) is 0 Å². The first-order chi connectivity index (χ1) is 6.79. The zero-order valence-corrected chi connectivity index (χ0v) is 9.55. The minimum absolute atomic E-state index is 0.716. The quantitative estimate of drug-likeness (QED) is 0.824. The van der Waals surface area contributed by atoms with E-state index in [2.05, 4.69) is 29.0 Å². The van der Waals surface area contributed by atoms with Crippen molar-refractivity contribution >= 4 is 11.8 Å². The number of imidazole rings is 1. The second-order valence-corrected chi connectivity index (χ2v) is 5.13. The van der Waals surface area contributed by atoms with Gasteiger partial charge < -0.3 is 9.88 Å². The molecule has 0 radical (unpaired) electrons. The number of hydrogen-bond acceptors (Lipinski definition) is 3. The van der Waals surface area contributed by atoms with Crippen molar-refractivity contribution in [2.24, 2.45) is 7.05 Å². The van der Waals surface area contributed by atoms with Crippen LogP contribution in [0.4, 0.5) is 0 Å². The van der Waals surface area contributed by atoms with Gasteiger partial charge in [0.05, 0.1) is 0 Å². The van der Waals surface area contributed by atoms with Crippen molar-refractivity contribution < 1.29 is 0 Å². The molecule has 3 nitrogen and oxygen atoms in total. The topological polar surface area (TPSA) is 29.9 Å². The summed E-state index contributed by atoms with van der Waals surface area (Å²) in [6, 6.07) is 0.716. The number of thioether (sulfide) groups is 1. The van der Waals surface area contributed by atoms with E-state index in [9.17, 15) is 0 Å². The maximum Gasteiger partial charge on any atom is 0.167 e. The van der Waals surface area contributed by atoms with E-state index in [0.717, 1.165) is 10.4 Å². The van der Waals surface area contributed by atoms with Crippen molar-refractivity contribution in [1.29, 1.82) is 0 Å². The molecule has 0 amide bonds. The Morgan fingerprint density at radius 1 is 1.57 bits per heavy atom. The average Bonchev–Trinajstić information content (AvgIpc) is 2.77. The maximum atomic E-state index is 4.34. The van der Waals surface area contributed by atoms with Gasteiger partial charge in [-0.1, -0.05) is 11.8 Å². The second-order valence-electron chi connectivity index (χ2n) is 3.86. The molecule has 4 heteroatoms. The van der Waals surface area contributed by atoms with Gasteiger partial charge in [-0.15, -0.1) is 0 Å². The molecule has 0 aromatic carbocycles. The number of rotatable bonds is 3. The molecule has 0 aliphatic heterocycles. The molecule has 0 bridgehead atoms. The Kier molecular flexibility index (Phi) is 3.13. The summed E-state index contributed by atoms with van der Waals surface area (Å²) in [6.45, 7) is 0. The Labute approximate surface area is 89.3 Å². The highest BCUT2D eigenvalue weighted by molar-refractivity contribution is 7.99. The van der Waals surface area contributed by atoms with Gasteiger partial charge in [0.1, 0.15) is 0 Å². The minimum Gasteiger partial charge on any atom is -0.329 e. The molecule has 2 unspecified atom stereocenters. The normalized spacial score (nSPS) is 27.0. The second kappa shape index (κ2) is 4.36. The molecule has 0 saturated heterocycles. The predicted octanol–water partition coefficient (Wildman–Crippen LogP) is 1.65. The number of aryl methyl sites for hydroxylation is 1. The van der Waals surface area contributed by atoms with Crippen LogP contribution in [0.5, 0.6) is 0 Å². The fourth-order valence-corrected chi connectivity index (χ4v) is 3.15. The lowest BCUT2D eigenvalue weighted by Crippen LogP contribution is -2.21. The molecule has 1 aromatic rings. The fourth-order valence-electron chi connectivity index (χ4n) is 1.92. The third kappa shape index (κ3) is 2.12. The Morgan fingerprint density at radius 3 is 3.00 bits per heavy atom. The molecule has 1 aliphatic carbocycles. The third-order valence-electron chi connectivity index (χ3n) is 2.84. The summed E-state index contributed by atoms with van der Waals surface area (Å²) in [7, 11) is 4.11. The Morgan fingerprint density at radius 2 is 2.43 bits per heavy atom. The predicted molar refractivity (Wildman–Crippen MR) is 59.6 cm³/mol. The van der Waals surface area contributed by atoms with E-state index < -0.39 is 0 Å². The molecule has 1 saturated carbocycles. The maximum absolute atomic E-state index is 4.34. The Hall–Kier alpha value is -0.480. The van der Waals surface area contributed by atoms with Gasteiger partial charge in [0, 0.05) is 30.7 Å². The first-order valence-electron chi connectivity index (χ1n) is 5.11. The standard InChI is InChI=1S/C10H17N3S/c1-11-8-3-4-9(7-8)14-10-12-5-6-13(10)2/h5-6,8-9,11H,3-4,7H2,1-2H3. The van der Waals surface area contributed by atoms with Crippen molar-refractivity contribution in [3.05, 3.63) is 12.4 Å². The summed E-state index contributed by atoms with van der Waals surface area (Å²) in [5, 5.41) is 5.24. The lowest BCUT2D eigenvalue weighted by Gasteiger charge is -2.09. The van der Waals surface area contributed by atoms with Crippen LogP contribution in [0.2, 0.25) is 0 Å². The number of aromatic nitrogens is 2. The summed E-state index contributed by atoms with van der Waals surface area (Å²) >= 11 is 1.92. The van der Waals surface area contributed by atoms with E-state index in [1.807, 2.05) is 24.2 Å². The van der Waals surface area contributed by atoms with Crippen LogP contribution in [0, 0.1) is 0 Å². The smallest absolute Gasteiger partial charge is 0.167 e. The highest BCUT2D eigenvalue weighted by Crippen LogP contribution is 2.33. The third-order valence-corrected chi connectivity index (χ3v) is 4.21. The fraction of sp³-hybridized carbons (Fsp3) is 0.700. The van der Waals surface area contributed by atoms with Crippen LogP contribution in [0.3, 0.4) is 0 Å². The number of nitrogens with one attached hydrogen (secondary N) is 1. The lowest BCUT2D eigenvalue weighted by atomic mass is 10.3. The SMILES string of the molecule is CNC1CCC(Sc2nccn2C)C1. The summed E-state index contributed by atoms with van der Waals surface area (Å²) in [5.74, 6) is 0. The molecule has 1 aromatic heterocycles. The summed E-state index contributed by atoms with van der Waals surface area (Å²) < 4.78 is 2.09. The summed E-state index contributed by atoms with van der Waals surface area (Å²) in [6.07, 6.45) is 7.76. The van der Waals surface area contributed by atoms with Crippen molar-refractivity contribution in [3.63, 3.8) is 0 Å². The zero-order chi connectivity index (χ0) is 9.97. The molecule has 1 fully saturated rings. The van der Waals surface area contributed by atoms with Crippen molar-refractivity contribution in [2.45, 2.75) is 35.7 Å². The van der Waals surface area contributed by atoms with Crippen molar-refractivity contribution in [1.82, 2.24) is 14.9 Å². The van der Waals surface area contributed by atoms with Gasteiger partial charge in [-0.25, -0.2) is 4.98 Å². The van der Waals surface area contributed by atoms with Gasteiger partial charge in [0.15, 0.2) is 5.16 Å². The van der Waals surface area contributed by atoms with Crippen LogP contribution >= 0.6 is 11.8 Å². The van der Waals surface area contributed by atoms with E-state index in [-0.39, 0.29) is 0 Å². The summed E-state index contributed by atoms with van der Waals surface area (Å²) in [4.78, 5) is 4.34. The van der Waals surface area contributed by atoms with Crippen LogP contribution in [0.15, 0.2) is 17.6 Å². The minimum atomic E-state index is 0.716. The summed E-state index contributed by atoms with van der Waals surface area (Å²) in [5.41, 5.74) is 0. The number of nitrogens with zero attached hydrogens (tertiary/aromatic N) is 2. The average molecular weight is 211 g/mol. The van der Waals surface area contributed by atoms with Crippen LogP contribution in [-0.4, -0.2) is 27.9 Å². The number of hydrogen-bond donors (Lipinski definition) is 1. The molecular formula is C10H17N3S.